The van der Waals surface area contributed by atoms with Gasteiger partial charge in [0.25, 0.3) is 0 Å². The Morgan fingerprint density at radius 2 is 1.29 bits per heavy atom. The molecule has 0 spiro atoms. The number of unbranched alkanes of at least 4 members (excludes halogenated alkanes) is 8. The van der Waals surface area contributed by atoms with E-state index in [9.17, 15) is 4.79 Å². The van der Waals surface area contributed by atoms with Crippen molar-refractivity contribution in [3.63, 3.8) is 0 Å². The molecule has 0 aromatic carbocycles. The largest absolute Gasteiger partial charge is 0.481 e. The van der Waals surface area contributed by atoms with Gasteiger partial charge in [-0.3, -0.25) is 4.79 Å². The normalized spacial score (nSPS) is 11.2. The molecule has 0 bridgehead atoms. The Morgan fingerprint density at radius 3 is 1.79 bits per heavy atom. The molecule has 0 amide bonds. The molecule has 24 heavy (non-hydrogen) atoms. The Bertz CT molecular complexity index is 303. The lowest BCUT2D eigenvalue weighted by molar-refractivity contribution is -0.137. The van der Waals surface area contributed by atoms with Crippen LogP contribution in [-0.4, -0.2) is 22.3 Å². The molecule has 0 aromatic heterocycles. The SMILES string of the molecule is CC(C)O.CCCCC/C=C\C/C=C\CCCCCCCC(=O)O. The van der Waals surface area contributed by atoms with Crippen molar-refractivity contribution in [3.8, 4) is 0 Å². The van der Waals surface area contributed by atoms with E-state index < -0.39 is 5.97 Å². The summed E-state index contributed by atoms with van der Waals surface area (Å²) in [5.41, 5.74) is 0. The minimum atomic E-state index is -0.671. The number of aliphatic carboxylic acids is 1. The number of hydrogen-bond donors (Lipinski definition) is 2. The van der Waals surface area contributed by atoms with E-state index in [1.165, 1.54) is 44.9 Å². The molecule has 3 heteroatoms. The lowest BCUT2D eigenvalue weighted by Gasteiger charge is -1.98. The molecule has 0 aliphatic rings. The zero-order valence-electron chi connectivity index (χ0n) is 16.2. The number of aliphatic hydroxyl groups is 1. The number of carboxylic acids is 1. The highest BCUT2D eigenvalue weighted by Crippen LogP contribution is 2.08. The first kappa shape index (κ1) is 25.2. The van der Waals surface area contributed by atoms with Gasteiger partial charge in [-0.1, -0.05) is 63.3 Å². The third-order valence-electron chi connectivity index (χ3n) is 3.34. The van der Waals surface area contributed by atoms with Gasteiger partial charge in [0.05, 0.1) is 0 Å². The fourth-order valence-electron chi connectivity index (χ4n) is 2.09. The van der Waals surface area contributed by atoms with Crippen LogP contribution in [0.3, 0.4) is 0 Å². The van der Waals surface area contributed by atoms with E-state index in [0.29, 0.717) is 6.42 Å². The zero-order valence-corrected chi connectivity index (χ0v) is 16.2. The molecule has 0 aliphatic heterocycles. The molecule has 0 saturated carbocycles. The molecular formula is C21H40O3. The monoisotopic (exact) mass is 340 g/mol. The highest BCUT2D eigenvalue weighted by molar-refractivity contribution is 5.66. The van der Waals surface area contributed by atoms with Crippen LogP contribution < -0.4 is 0 Å². The van der Waals surface area contributed by atoms with Crippen molar-refractivity contribution in [1.29, 1.82) is 0 Å². The van der Waals surface area contributed by atoms with Gasteiger partial charge in [0, 0.05) is 12.5 Å². The molecule has 3 nitrogen and oxygen atoms in total. The highest BCUT2D eigenvalue weighted by Gasteiger charge is 1.95. The summed E-state index contributed by atoms with van der Waals surface area (Å²) in [5.74, 6) is -0.671. The summed E-state index contributed by atoms with van der Waals surface area (Å²) in [5, 5.41) is 16.6. The van der Waals surface area contributed by atoms with E-state index in [4.69, 9.17) is 10.2 Å². The van der Waals surface area contributed by atoms with Gasteiger partial charge in [-0.05, 0) is 52.4 Å². The molecular weight excluding hydrogens is 300 g/mol. The highest BCUT2D eigenvalue weighted by atomic mass is 16.4. The van der Waals surface area contributed by atoms with Crippen LogP contribution in [0.2, 0.25) is 0 Å². The molecule has 0 unspecified atom stereocenters. The number of carboxylic acid groups (broad SMARTS) is 1. The lowest BCUT2D eigenvalue weighted by atomic mass is 10.1. The van der Waals surface area contributed by atoms with Gasteiger partial charge in [0.15, 0.2) is 0 Å². The van der Waals surface area contributed by atoms with Crippen molar-refractivity contribution in [1.82, 2.24) is 0 Å². The smallest absolute Gasteiger partial charge is 0.303 e. The maximum absolute atomic E-state index is 10.3. The molecule has 0 atom stereocenters. The van der Waals surface area contributed by atoms with Crippen LogP contribution in [-0.2, 0) is 4.79 Å². The first-order chi connectivity index (χ1) is 11.5. The quantitative estimate of drug-likeness (QED) is 0.289. The summed E-state index contributed by atoms with van der Waals surface area (Å²) >= 11 is 0. The van der Waals surface area contributed by atoms with Crippen molar-refractivity contribution < 1.29 is 15.0 Å². The second-order valence-electron chi connectivity index (χ2n) is 6.47. The van der Waals surface area contributed by atoms with Gasteiger partial charge in [-0.2, -0.15) is 0 Å². The molecule has 0 saturated heterocycles. The van der Waals surface area contributed by atoms with Gasteiger partial charge in [-0.15, -0.1) is 0 Å². The van der Waals surface area contributed by atoms with Crippen molar-refractivity contribution >= 4 is 5.97 Å². The average Bonchev–Trinajstić information content (AvgIpc) is 2.50. The Balaban J connectivity index is 0. The summed E-state index contributed by atoms with van der Waals surface area (Å²) in [6, 6.07) is 0. The van der Waals surface area contributed by atoms with Crippen molar-refractivity contribution in [2.75, 3.05) is 0 Å². The number of allylic oxidation sites excluding steroid dienone is 4. The Kier molecular flexibility index (Phi) is 23.0. The maximum atomic E-state index is 10.3. The third-order valence-corrected chi connectivity index (χ3v) is 3.34. The number of rotatable bonds is 14. The second kappa shape index (κ2) is 21.9. The molecule has 0 radical (unpaired) electrons. The second-order valence-corrected chi connectivity index (χ2v) is 6.47. The topological polar surface area (TPSA) is 57.5 Å². The fourth-order valence-corrected chi connectivity index (χ4v) is 2.09. The van der Waals surface area contributed by atoms with Gasteiger partial charge in [-0.25, -0.2) is 0 Å². The van der Waals surface area contributed by atoms with Gasteiger partial charge >= 0.3 is 5.97 Å². The third kappa shape index (κ3) is 32.7. The number of carbonyl (C=O) groups is 1. The van der Waals surface area contributed by atoms with Crippen molar-refractivity contribution in [3.05, 3.63) is 24.3 Å². The minimum Gasteiger partial charge on any atom is -0.481 e. The standard InChI is InChI=1S/C18H32O2.C3H8O/c1-2-3-4-5-6-7-8-9-10-11-12-13-14-15-16-17-18(19)20;1-3(2)4/h6-7,9-10H,2-5,8,11-17H2,1H3,(H,19,20);3-4H,1-2H3/b7-6-,10-9-;. The van der Waals surface area contributed by atoms with E-state index in [1.54, 1.807) is 13.8 Å². The summed E-state index contributed by atoms with van der Waals surface area (Å²) in [6.45, 7) is 5.68. The van der Waals surface area contributed by atoms with Gasteiger partial charge in [0.2, 0.25) is 0 Å². The van der Waals surface area contributed by atoms with E-state index in [-0.39, 0.29) is 6.10 Å². The predicted octanol–water partition coefficient (Wildman–Crippen LogP) is 6.27. The Morgan fingerprint density at radius 1 is 0.833 bits per heavy atom. The average molecular weight is 341 g/mol. The fraction of sp³-hybridized carbons (Fsp3) is 0.762. The first-order valence-electron chi connectivity index (χ1n) is 9.70. The molecule has 0 heterocycles. The molecule has 142 valence electrons. The molecule has 0 aromatic rings. The van der Waals surface area contributed by atoms with Crippen LogP contribution >= 0.6 is 0 Å². The van der Waals surface area contributed by atoms with Gasteiger partial charge in [0.1, 0.15) is 0 Å². The molecule has 0 rings (SSSR count). The minimum absolute atomic E-state index is 0.167. The maximum Gasteiger partial charge on any atom is 0.303 e. The molecule has 0 aliphatic carbocycles. The van der Waals surface area contributed by atoms with Crippen LogP contribution in [0.1, 0.15) is 97.8 Å². The Hall–Kier alpha value is -1.09. The number of aliphatic hydroxyl groups excluding tert-OH is 1. The van der Waals surface area contributed by atoms with E-state index in [1.807, 2.05) is 0 Å². The predicted molar refractivity (Wildman–Crippen MR) is 104 cm³/mol. The van der Waals surface area contributed by atoms with Crippen LogP contribution in [0, 0.1) is 0 Å². The number of hydrogen-bond acceptors (Lipinski definition) is 2. The van der Waals surface area contributed by atoms with E-state index >= 15 is 0 Å². The van der Waals surface area contributed by atoms with E-state index in [2.05, 4.69) is 31.2 Å². The van der Waals surface area contributed by atoms with Crippen LogP contribution in [0.5, 0.6) is 0 Å². The summed E-state index contributed by atoms with van der Waals surface area (Å²) in [4.78, 5) is 10.3. The zero-order chi connectivity index (χ0) is 18.5. The van der Waals surface area contributed by atoms with Crippen molar-refractivity contribution in [2.45, 2.75) is 104 Å². The lowest BCUT2D eigenvalue weighted by Crippen LogP contribution is -1.93. The van der Waals surface area contributed by atoms with E-state index in [0.717, 1.165) is 25.7 Å². The van der Waals surface area contributed by atoms with Crippen LogP contribution in [0.25, 0.3) is 0 Å². The van der Waals surface area contributed by atoms with Crippen LogP contribution in [0.4, 0.5) is 0 Å². The summed E-state index contributed by atoms with van der Waals surface area (Å²) < 4.78 is 0. The first-order valence-corrected chi connectivity index (χ1v) is 9.70. The van der Waals surface area contributed by atoms with Crippen LogP contribution in [0.15, 0.2) is 24.3 Å². The van der Waals surface area contributed by atoms with Gasteiger partial charge < -0.3 is 10.2 Å². The molecule has 0 fully saturated rings. The van der Waals surface area contributed by atoms with Crippen molar-refractivity contribution in [2.24, 2.45) is 0 Å². The molecule has 2 N–H and O–H groups in total. The Labute approximate surface area is 149 Å². The summed E-state index contributed by atoms with van der Waals surface area (Å²) in [6.07, 6.45) is 22.1. The summed E-state index contributed by atoms with van der Waals surface area (Å²) in [7, 11) is 0.